The Kier molecular flexibility index (Phi) is 8.15. The minimum atomic E-state index is -0.324. The van der Waals surface area contributed by atoms with E-state index in [1.54, 1.807) is 74.8 Å². The van der Waals surface area contributed by atoms with E-state index >= 15 is 0 Å². The Morgan fingerprint density at radius 2 is 1.39 bits per heavy atom. The average Bonchev–Trinajstić information content (AvgIpc) is 2.79. The standard InChI is InChI=1S/C25H26N4O4/c1-29(16-23(30)26-19-11-8-12-20(15-19)33-2)17-24(31)28-22-14-7-6-13-21(22)25(32)27-18-9-4-3-5-10-18/h3-15H,16-17H2,1-2H3,(H,26,30)(H,27,32)(H,28,31)/p+1. The van der Waals surface area contributed by atoms with Crippen molar-refractivity contribution in [1.29, 1.82) is 0 Å². The van der Waals surface area contributed by atoms with E-state index < -0.39 is 0 Å². The topological polar surface area (TPSA) is 101 Å². The molecule has 3 rings (SSSR count). The Bertz CT molecular complexity index is 1120. The van der Waals surface area contributed by atoms with Gasteiger partial charge < -0.3 is 25.6 Å². The Morgan fingerprint density at radius 1 is 0.758 bits per heavy atom. The zero-order valence-electron chi connectivity index (χ0n) is 18.6. The van der Waals surface area contributed by atoms with E-state index in [1.165, 1.54) is 0 Å². The highest BCUT2D eigenvalue weighted by Gasteiger charge is 2.17. The summed E-state index contributed by atoms with van der Waals surface area (Å²) in [6.07, 6.45) is 0. The number of carbonyl (C=O) groups excluding carboxylic acids is 3. The monoisotopic (exact) mass is 447 g/mol. The third-order valence-corrected chi connectivity index (χ3v) is 4.76. The van der Waals surface area contributed by atoms with Crippen molar-refractivity contribution in [1.82, 2.24) is 0 Å². The summed E-state index contributed by atoms with van der Waals surface area (Å²) in [4.78, 5) is 38.3. The summed E-state index contributed by atoms with van der Waals surface area (Å²) >= 11 is 0. The Hall–Kier alpha value is -4.17. The van der Waals surface area contributed by atoms with E-state index in [9.17, 15) is 14.4 Å². The van der Waals surface area contributed by atoms with Crippen LogP contribution in [0.4, 0.5) is 17.1 Å². The molecule has 0 saturated carbocycles. The van der Waals surface area contributed by atoms with Crippen molar-refractivity contribution in [3.8, 4) is 5.75 Å². The van der Waals surface area contributed by atoms with Gasteiger partial charge in [-0.3, -0.25) is 14.4 Å². The number of ether oxygens (including phenoxy) is 1. The lowest BCUT2D eigenvalue weighted by Gasteiger charge is -2.15. The van der Waals surface area contributed by atoms with E-state index in [0.717, 1.165) is 0 Å². The number of hydrogen-bond donors (Lipinski definition) is 4. The maximum Gasteiger partial charge on any atom is 0.279 e. The SMILES string of the molecule is COc1cccc(NC(=O)C[NH+](C)CC(=O)Nc2ccccc2C(=O)Nc2ccccc2)c1. The average molecular weight is 448 g/mol. The summed E-state index contributed by atoms with van der Waals surface area (Å²) in [6.45, 7) is 0.154. The highest BCUT2D eigenvalue weighted by atomic mass is 16.5. The van der Waals surface area contributed by atoms with Gasteiger partial charge in [-0.15, -0.1) is 0 Å². The molecular formula is C25H27N4O4+. The number of likely N-dealkylation sites (N-methyl/N-ethyl adjacent to an activating group) is 1. The van der Waals surface area contributed by atoms with Gasteiger partial charge in [0.05, 0.1) is 25.4 Å². The number of carbonyl (C=O) groups is 3. The molecule has 0 aliphatic rings. The lowest BCUT2D eigenvalue weighted by molar-refractivity contribution is -0.862. The Morgan fingerprint density at radius 3 is 2.12 bits per heavy atom. The van der Waals surface area contributed by atoms with Gasteiger partial charge in [-0.1, -0.05) is 36.4 Å². The van der Waals surface area contributed by atoms with Gasteiger partial charge in [0.1, 0.15) is 5.75 Å². The molecule has 0 aliphatic carbocycles. The molecule has 8 nitrogen and oxygen atoms in total. The van der Waals surface area contributed by atoms with E-state index in [2.05, 4.69) is 16.0 Å². The van der Waals surface area contributed by atoms with Gasteiger partial charge >= 0.3 is 0 Å². The molecule has 8 heteroatoms. The van der Waals surface area contributed by atoms with Crippen LogP contribution in [0.3, 0.4) is 0 Å². The first kappa shape index (κ1) is 23.5. The second-order valence-electron chi connectivity index (χ2n) is 7.50. The van der Waals surface area contributed by atoms with Crippen molar-refractivity contribution < 1.29 is 24.0 Å². The van der Waals surface area contributed by atoms with Crippen LogP contribution in [0.25, 0.3) is 0 Å². The lowest BCUT2D eigenvalue weighted by Crippen LogP contribution is -3.11. The van der Waals surface area contributed by atoms with E-state index in [-0.39, 0.29) is 30.8 Å². The number of rotatable bonds is 9. The Balaban J connectivity index is 1.54. The van der Waals surface area contributed by atoms with Crippen LogP contribution in [-0.2, 0) is 9.59 Å². The van der Waals surface area contributed by atoms with Gasteiger partial charge in [0.25, 0.3) is 17.7 Å². The number of nitrogens with one attached hydrogen (secondary N) is 4. The first-order valence-electron chi connectivity index (χ1n) is 10.4. The van der Waals surface area contributed by atoms with Crippen LogP contribution in [0.5, 0.6) is 5.75 Å². The lowest BCUT2D eigenvalue weighted by atomic mass is 10.1. The predicted octanol–water partition coefficient (Wildman–Crippen LogP) is 2.04. The molecule has 4 N–H and O–H groups in total. The first-order chi connectivity index (χ1) is 15.9. The zero-order valence-corrected chi connectivity index (χ0v) is 18.6. The van der Waals surface area contributed by atoms with Crippen molar-refractivity contribution in [3.05, 3.63) is 84.4 Å². The highest BCUT2D eigenvalue weighted by molar-refractivity contribution is 6.10. The number of quaternary nitrogens is 1. The molecule has 3 amide bonds. The number of amides is 3. The molecule has 0 aliphatic heterocycles. The third kappa shape index (κ3) is 7.19. The fourth-order valence-corrected chi connectivity index (χ4v) is 3.22. The van der Waals surface area contributed by atoms with Gasteiger partial charge in [-0.25, -0.2) is 0 Å². The smallest absolute Gasteiger partial charge is 0.279 e. The van der Waals surface area contributed by atoms with Gasteiger partial charge in [0.2, 0.25) is 0 Å². The quantitative estimate of drug-likeness (QED) is 0.403. The summed E-state index contributed by atoms with van der Waals surface area (Å²) < 4.78 is 5.15. The fourth-order valence-electron chi connectivity index (χ4n) is 3.22. The second kappa shape index (κ2) is 11.4. The van der Waals surface area contributed by atoms with Crippen LogP contribution >= 0.6 is 0 Å². The predicted molar refractivity (Wildman–Crippen MR) is 128 cm³/mol. The van der Waals surface area contributed by atoms with Crippen molar-refractivity contribution in [2.75, 3.05) is 43.2 Å². The zero-order chi connectivity index (χ0) is 23.6. The molecule has 0 radical (unpaired) electrons. The molecule has 0 bridgehead atoms. The minimum absolute atomic E-state index is 0.0557. The molecule has 0 saturated heterocycles. The number of para-hydroxylation sites is 2. The molecule has 3 aromatic rings. The second-order valence-corrected chi connectivity index (χ2v) is 7.50. The molecule has 0 heterocycles. The van der Waals surface area contributed by atoms with Gasteiger partial charge in [0, 0.05) is 17.4 Å². The maximum atomic E-state index is 12.7. The normalized spacial score (nSPS) is 11.2. The van der Waals surface area contributed by atoms with Crippen LogP contribution in [0, 0.1) is 0 Å². The number of anilines is 3. The number of hydrogen-bond acceptors (Lipinski definition) is 4. The summed E-state index contributed by atoms with van der Waals surface area (Å²) in [5.41, 5.74) is 2.04. The minimum Gasteiger partial charge on any atom is -0.497 e. The maximum absolute atomic E-state index is 12.7. The molecule has 1 unspecified atom stereocenters. The molecule has 33 heavy (non-hydrogen) atoms. The van der Waals surface area contributed by atoms with Gasteiger partial charge in [0.15, 0.2) is 13.1 Å². The highest BCUT2D eigenvalue weighted by Crippen LogP contribution is 2.18. The van der Waals surface area contributed by atoms with Crippen LogP contribution in [0.15, 0.2) is 78.9 Å². The van der Waals surface area contributed by atoms with E-state index in [0.29, 0.717) is 33.3 Å². The summed E-state index contributed by atoms with van der Waals surface area (Å²) in [5.74, 6) is -0.212. The van der Waals surface area contributed by atoms with E-state index in [4.69, 9.17) is 4.74 Å². The molecule has 0 aromatic heterocycles. The first-order valence-corrected chi connectivity index (χ1v) is 10.4. The van der Waals surface area contributed by atoms with Crippen molar-refractivity contribution in [3.63, 3.8) is 0 Å². The van der Waals surface area contributed by atoms with Crippen LogP contribution < -0.4 is 25.6 Å². The summed E-state index contributed by atoms with van der Waals surface area (Å²) in [6, 6.07) is 22.9. The molecule has 0 spiro atoms. The van der Waals surface area contributed by atoms with E-state index in [1.807, 2.05) is 18.2 Å². The van der Waals surface area contributed by atoms with Crippen molar-refractivity contribution >= 4 is 34.8 Å². The Labute approximate surface area is 192 Å². The summed E-state index contributed by atoms with van der Waals surface area (Å²) in [7, 11) is 3.31. The molecule has 0 fully saturated rings. The van der Waals surface area contributed by atoms with Gasteiger partial charge in [-0.05, 0) is 36.4 Å². The van der Waals surface area contributed by atoms with Crippen LogP contribution in [0.1, 0.15) is 10.4 Å². The molecule has 170 valence electrons. The molecule has 3 aromatic carbocycles. The van der Waals surface area contributed by atoms with Crippen LogP contribution in [0.2, 0.25) is 0 Å². The largest absolute Gasteiger partial charge is 0.497 e. The number of benzene rings is 3. The summed E-state index contributed by atoms with van der Waals surface area (Å²) in [5, 5.41) is 8.38. The van der Waals surface area contributed by atoms with Crippen molar-refractivity contribution in [2.45, 2.75) is 0 Å². The van der Waals surface area contributed by atoms with Crippen LogP contribution in [-0.4, -0.2) is 45.0 Å². The number of methoxy groups -OCH3 is 1. The van der Waals surface area contributed by atoms with Gasteiger partial charge in [-0.2, -0.15) is 0 Å². The third-order valence-electron chi connectivity index (χ3n) is 4.76. The molecular weight excluding hydrogens is 420 g/mol. The van der Waals surface area contributed by atoms with Crippen molar-refractivity contribution in [2.24, 2.45) is 0 Å². The fraction of sp³-hybridized carbons (Fsp3) is 0.160. The molecule has 1 atom stereocenters.